The Balaban J connectivity index is 3.40. The second kappa shape index (κ2) is 7.06. The van der Waals surface area contributed by atoms with Crippen molar-refractivity contribution >= 4 is 5.91 Å². The summed E-state index contributed by atoms with van der Waals surface area (Å²) in [4.78, 5) is 10.9. The standard InChI is InChI=1S/C8H17NO3/c1-7(4-3-5-10)9-8(11)6-12-2/h7,10H,3-6H2,1-2H3,(H,9,11). The molecule has 0 radical (unpaired) electrons. The summed E-state index contributed by atoms with van der Waals surface area (Å²) in [5, 5.41) is 11.3. The van der Waals surface area contributed by atoms with Crippen LogP contribution in [0.5, 0.6) is 0 Å². The Morgan fingerprint density at radius 1 is 1.67 bits per heavy atom. The molecule has 0 bridgehead atoms. The molecule has 0 fully saturated rings. The molecule has 0 spiro atoms. The first-order chi connectivity index (χ1) is 5.70. The second-order valence-corrected chi connectivity index (χ2v) is 2.77. The van der Waals surface area contributed by atoms with Gasteiger partial charge in [0, 0.05) is 19.8 Å². The SMILES string of the molecule is COCC(=O)NC(C)CCCO. The number of hydrogen-bond donors (Lipinski definition) is 2. The van der Waals surface area contributed by atoms with Crippen molar-refractivity contribution in [1.82, 2.24) is 5.32 Å². The summed E-state index contributed by atoms with van der Waals surface area (Å²) in [6.45, 7) is 2.18. The zero-order valence-corrected chi connectivity index (χ0v) is 7.67. The van der Waals surface area contributed by atoms with Crippen LogP contribution in [-0.2, 0) is 9.53 Å². The van der Waals surface area contributed by atoms with Gasteiger partial charge in [0.25, 0.3) is 0 Å². The van der Waals surface area contributed by atoms with Gasteiger partial charge < -0.3 is 15.2 Å². The van der Waals surface area contributed by atoms with Crippen LogP contribution in [0.3, 0.4) is 0 Å². The maximum absolute atomic E-state index is 10.9. The molecule has 0 aromatic rings. The molecule has 0 saturated heterocycles. The highest BCUT2D eigenvalue weighted by Crippen LogP contribution is 1.94. The number of nitrogens with one attached hydrogen (secondary N) is 1. The maximum Gasteiger partial charge on any atom is 0.246 e. The van der Waals surface area contributed by atoms with Crippen LogP contribution < -0.4 is 5.32 Å². The highest BCUT2D eigenvalue weighted by atomic mass is 16.5. The largest absolute Gasteiger partial charge is 0.396 e. The van der Waals surface area contributed by atoms with Crippen molar-refractivity contribution in [3.8, 4) is 0 Å². The van der Waals surface area contributed by atoms with E-state index >= 15 is 0 Å². The quantitative estimate of drug-likeness (QED) is 0.593. The number of methoxy groups -OCH3 is 1. The Bertz CT molecular complexity index is 127. The van der Waals surface area contributed by atoms with Crippen LogP contribution in [-0.4, -0.2) is 37.4 Å². The Labute approximate surface area is 72.9 Å². The minimum Gasteiger partial charge on any atom is -0.396 e. The van der Waals surface area contributed by atoms with E-state index in [1.807, 2.05) is 6.92 Å². The molecule has 0 rings (SSSR count). The lowest BCUT2D eigenvalue weighted by Crippen LogP contribution is -2.35. The van der Waals surface area contributed by atoms with Crippen molar-refractivity contribution in [2.24, 2.45) is 0 Å². The molecule has 0 aliphatic rings. The Morgan fingerprint density at radius 3 is 2.83 bits per heavy atom. The van der Waals surface area contributed by atoms with Crippen molar-refractivity contribution in [3.63, 3.8) is 0 Å². The van der Waals surface area contributed by atoms with E-state index in [2.05, 4.69) is 10.1 Å². The average Bonchev–Trinajstić information content (AvgIpc) is 2.01. The molecule has 72 valence electrons. The van der Waals surface area contributed by atoms with E-state index in [1.54, 1.807) is 0 Å². The smallest absolute Gasteiger partial charge is 0.246 e. The minimum atomic E-state index is -0.108. The number of aliphatic hydroxyl groups excluding tert-OH is 1. The lowest BCUT2D eigenvalue weighted by Gasteiger charge is -2.12. The summed E-state index contributed by atoms with van der Waals surface area (Å²) in [6, 6.07) is 0.111. The molecule has 0 aromatic carbocycles. The van der Waals surface area contributed by atoms with Crippen molar-refractivity contribution in [2.45, 2.75) is 25.8 Å². The molecule has 0 heterocycles. The number of carbonyl (C=O) groups excluding carboxylic acids is 1. The van der Waals surface area contributed by atoms with Gasteiger partial charge >= 0.3 is 0 Å². The van der Waals surface area contributed by atoms with Crippen LogP contribution in [0.1, 0.15) is 19.8 Å². The predicted octanol–water partition coefficient (Wildman–Crippen LogP) is -0.0900. The van der Waals surface area contributed by atoms with Gasteiger partial charge in [0.2, 0.25) is 5.91 Å². The van der Waals surface area contributed by atoms with Crippen LogP contribution >= 0.6 is 0 Å². The number of rotatable bonds is 6. The van der Waals surface area contributed by atoms with Crippen LogP contribution in [0, 0.1) is 0 Å². The molecule has 0 aliphatic heterocycles. The number of aliphatic hydroxyl groups is 1. The van der Waals surface area contributed by atoms with Gasteiger partial charge in [-0.1, -0.05) is 0 Å². The number of amides is 1. The van der Waals surface area contributed by atoms with Gasteiger partial charge in [-0.15, -0.1) is 0 Å². The molecular formula is C8H17NO3. The zero-order chi connectivity index (χ0) is 9.40. The van der Waals surface area contributed by atoms with E-state index < -0.39 is 0 Å². The van der Waals surface area contributed by atoms with Crippen molar-refractivity contribution < 1.29 is 14.6 Å². The Hall–Kier alpha value is -0.610. The Morgan fingerprint density at radius 2 is 2.33 bits per heavy atom. The summed E-state index contributed by atoms with van der Waals surface area (Å²) in [5.41, 5.74) is 0. The summed E-state index contributed by atoms with van der Waals surface area (Å²) >= 11 is 0. The van der Waals surface area contributed by atoms with Crippen molar-refractivity contribution in [2.75, 3.05) is 20.3 Å². The van der Waals surface area contributed by atoms with Crippen LogP contribution in [0.4, 0.5) is 0 Å². The molecule has 1 unspecified atom stereocenters. The molecule has 2 N–H and O–H groups in total. The maximum atomic E-state index is 10.9. The highest BCUT2D eigenvalue weighted by molar-refractivity contribution is 5.77. The van der Waals surface area contributed by atoms with Crippen molar-refractivity contribution in [3.05, 3.63) is 0 Å². The first-order valence-corrected chi connectivity index (χ1v) is 4.10. The molecule has 0 aliphatic carbocycles. The van der Waals surface area contributed by atoms with E-state index in [9.17, 15) is 4.79 Å². The van der Waals surface area contributed by atoms with Gasteiger partial charge in [-0.2, -0.15) is 0 Å². The predicted molar refractivity (Wildman–Crippen MR) is 45.8 cm³/mol. The fourth-order valence-corrected chi connectivity index (χ4v) is 0.917. The Kier molecular flexibility index (Phi) is 6.70. The average molecular weight is 175 g/mol. The van der Waals surface area contributed by atoms with Gasteiger partial charge in [0.15, 0.2) is 0 Å². The van der Waals surface area contributed by atoms with E-state index in [0.717, 1.165) is 6.42 Å². The molecule has 0 aromatic heterocycles. The fourth-order valence-electron chi connectivity index (χ4n) is 0.917. The summed E-state index contributed by atoms with van der Waals surface area (Å²) in [5.74, 6) is -0.108. The molecule has 1 atom stereocenters. The minimum absolute atomic E-state index is 0.101. The first-order valence-electron chi connectivity index (χ1n) is 4.10. The lowest BCUT2D eigenvalue weighted by molar-refractivity contribution is -0.125. The van der Waals surface area contributed by atoms with Crippen LogP contribution in [0.15, 0.2) is 0 Å². The van der Waals surface area contributed by atoms with Crippen LogP contribution in [0.25, 0.3) is 0 Å². The van der Waals surface area contributed by atoms with Gasteiger partial charge in [-0.3, -0.25) is 4.79 Å². The summed E-state index contributed by atoms with van der Waals surface area (Å²) in [6.07, 6.45) is 1.51. The normalized spacial score (nSPS) is 12.6. The van der Waals surface area contributed by atoms with Crippen LogP contribution in [0.2, 0.25) is 0 Å². The van der Waals surface area contributed by atoms with E-state index in [-0.39, 0.29) is 25.2 Å². The summed E-state index contributed by atoms with van der Waals surface area (Å²) < 4.78 is 4.65. The summed E-state index contributed by atoms with van der Waals surface area (Å²) in [7, 11) is 1.48. The molecular weight excluding hydrogens is 158 g/mol. The number of hydrogen-bond acceptors (Lipinski definition) is 3. The molecule has 0 saturated carbocycles. The first kappa shape index (κ1) is 11.4. The van der Waals surface area contributed by atoms with E-state index in [4.69, 9.17) is 5.11 Å². The van der Waals surface area contributed by atoms with Crippen molar-refractivity contribution in [1.29, 1.82) is 0 Å². The van der Waals surface area contributed by atoms with Gasteiger partial charge in [0.1, 0.15) is 6.61 Å². The third-order valence-electron chi connectivity index (χ3n) is 1.48. The molecule has 1 amide bonds. The topological polar surface area (TPSA) is 58.6 Å². The number of ether oxygens (including phenoxy) is 1. The molecule has 4 heteroatoms. The van der Waals surface area contributed by atoms with Gasteiger partial charge in [-0.05, 0) is 19.8 Å². The second-order valence-electron chi connectivity index (χ2n) is 2.77. The lowest BCUT2D eigenvalue weighted by atomic mass is 10.2. The monoisotopic (exact) mass is 175 g/mol. The zero-order valence-electron chi connectivity index (χ0n) is 7.67. The fraction of sp³-hybridized carbons (Fsp3) is 0.875. The molecule has 12 heavy (non-hydrogen) atoms. The van der Waals surface area contributed by atoms with Gasteiger partial charge in [0.05, 0.1) is 0 Å². The third kappa shape index (κ3) is 6.12. The number of carbonyl (C=O) groups is 1. The highest BCUT2D eigenvalue weighted by Gasteiger charge is 2.05. The van der Waals surface area contributed by atoms with E-state index in [0.29, 0.717) is 6.42 Å². The third-order valence-corrected chi connectivity index (χ3v) is 1.48. The van der Waals surface area contributed by atoms with Gasteiger partial charge in [-0.25, -0.2) is 0 Å². The van der Waals surface area contributed by atoms with E-state index in [1.165, 1.54) is 7.11 Å². The molecule has 4 nitrogen and oxygen atoms in total.